The number of rotatable bonds is 2. The summed E-state index contributed by atoms with van der Waals surface area (Å²) in [6.45, 7) is 4.89. The third kappa shape index (κ3) is 2.04. The first-order chi connectivity index (χ1) is 11.4. The van der Waals surface area contributed by atoms with Crippen molar-refractivity contribution < 1.29 is 9.59 Å². The summed E-state index contributed by atoms with van der Waals surface area (Å²) in [7, 11) is 2.03. The predicted octanol–water partition coefficient (Wildman–Crippen LogP) is 2.96. The zero-order valence-corrected chi connectivity index (χ0v) is 15.4. The van der Waals surface area contributed by atoms with Crippen LogP contribution in [0.25, 0.3) is 0 Å². The van der Waals surface area contributed by atoms with Gasteiger partial charge in [-0.3, -0.25) is 9.59 Å². The normalized spacial score (nSPS) is 50.7. The molecule has 1 saturated heterocycles. The third-order valence-corrected chi connectivity index (χ3v) is 8.83. The average Bonchev–Trinajstić information content (AvgIpc) is 2.89. The van der Waals surface area contributed by atoms with E-state index in [9.17, 15) is 9.59 Å². The molecule has 0 bridgehead atoms. The molecule has 7 atom stereocenters. The number of nitrogens with one attached hydrogen (secondary N) is 1. The first kappa shape index (κ1) is 16.4. The summed E-state index contributed by atoms with van der Waals surface area (Å²) in [5.41, 5.74) is 0.574. The van der Waals surface area contributed by atoms with Crippen molar-refractivity contribution in [3.05, 3.63) is 0 Å². The maximum Gasteiger partial charge on any atom is 0.222 e. The second-order valence-electron chi connectivity index (χ2n) is 9.44. The van der Waals surface area contributed by atoms with Crippen LogP contribution in [-0.2, 0) is 9.59 Å². The van der Waals surface area contributed by atoms with E-state index in [1.165, 1.54) is 25.7 Å². The van der Waals surface area contributed by atoms with Gasteiger partial charge >= 0.3 is 0 Å². The van der Waals surface area contributed by atoms with Crippen LogP contribution < -0.4 is 5.32 Å². The lowest BCUT2D eigenvalue weighted by molar-refractivity contribution is -0.157. The zero-order chi connectivity index (χ0) is 17.1. The SMILES string of the molecule is CN1C(=O)CC[C@@]2(C)C1CC[C@@H]1[C@H]2CC[C@]2(C)C(NC=O)CC[C@@H]12. The molecule has 0 aromatic carbocycles. The lowest BCUT2D eigenvalue weighted by Crippen LogP contribution is -2.61. The number of hydrogen-bond acceptors (Lipinski definition) is 2. The number of fused-ring (bicyclic) bond motifs is 5. The second kappa shape index (κ2) is 5.47. The number of carbonyl (C=O) groups excluding carboxylic acids is 2. The molecule has 24 heavy (non-hydrogen) atoms. The topological polar surface area (TPSA) is 49.4 Å². The minimum atomic E-state index is 0.279. The number of piperidine rings is 1. The van der Waals surface area contributed by atoms with E-state index in [0.29, 0.717) is 23.4 Å². The lowest BCUT2D eigenvalue weighted by Gasteiger charge is -2.61. The largest absolute Gasteiger partial charge is 0.355 e. The Morgan fingerprint density at radius 2 is 1.79 bits per heavy atom. The minimum Gasteiger partial charge on any atom is -0.355 e. The van der Waals surface area contributed by atoms with Crippen LogP contribution in [0.1, 0.15) is 65.2 Å². The summed E-state index contributed by atoms with van der Waals surface area (Å²) in [4.78, 5) is 25.3. The van der Waals surface area contributed by atoms with Crippen molar-refractivity contribution in [1.29, 1.82) is 0 Å². The highest BCUT2D eigenvalue weighted by Gasteiger charge is 2.61. The molecule has 2 unspecified atom stereocenters. The van der Waals surface area contributed by atoms with Gasteiger partial charge in [0.15, 0.2) is 0 Å². The molecule has 3 aliphatic carbocycles. The standard InChI is InChI=1S/C20H32N2O2/c1-19-10-8-15-13(14(19)5-6-16(19)21-12-23)4-7-17-20(15,2)11-9-18(24)22(17)3/h12-17H,4-11H2,1-3H3,(H,21,23)/t13-,14-,15+,16?,17?,19-,20+/m0/s1. The van der Waals surface area contributed by atoms with Crippen molar-refractivity contribution in [2.75, 3.05) is 7.05 Å². The molecule has 0 aromatic rings. The molecule has 0 spiro atoms. The molecule has 4 rings (SSSR count). The molecule has 2 amide bonds. The number of likely N-dealkylation sites (tertiary alicyclic amines) is 1. The molecule has 1 heterocycles. The molecule has 1 aliphatic heterocycles. The molecule has 4 fully saturated rings. The van der Waals surface area contributed by atoms with Crippen LogP contribution in [0.3, 0.4) is 0 Å². The summed E-state index contributed by atoms with van der Waals surface area (Å²) in [5.74, 6) is 2.62. The molecule has 0 radical (unpaired) electrons. The maximum atomic E-state index is 12.2. The Labute approximate surface area is 145 Å². The Balaban J connectivity index is 1.62. The molecule has 3 saturated carbocycles. The fraction of sp³-hybridized carbons (Fsp3) is 0.900. The van der Waals surface area contributed by atoms with Gasteiger partial charge in [-0.05, 0) is 73.5 Å². The molecule has 134 valence electrons. The van der Waals surface area contributed by atoms with E-state index in [1.807, 2.05) is 7.05 Å². The average molecular weight is 332 g/mol. The van der Waals surface area contributed by atoms with Gasteiger partial charge in [-0.25, -0.2) is 0 Å². The quantitative estimate of drug-likeness (QED) is 0.790. The van der Waals surface area contributed by atoms with Crippen molar-refractivity contribution in [3.63, 3.8) is 0 Å². The Morgan fingerprint density at radius 1 is 1.04 bits per heavy atom. The predicted molar refractivity (Wildman–Crippen MR) is 93.2 cm³/mol. The smallest absolute Gasteiger partial charge is 0.222 e. The molecule has 4 aliphatic rings. The second-order valence-corrected chi connectivity index (χ2v) is 9.44. The van der Waals surface area contributed by atoms with Gasteiger partial charge in [-0.15, -0.1) is 0 Å². The van der Waals surface area contributed by atoms with Crippen molar-refractivity contribution in [2.45, 2.75) is 77.3 Å². The summed E-state index contributed by atoms with van der Waals surface area (Å²) < 4.78 is 0. The zero-order valence-electron chi connectivity index (χ0n) is 15.4. The van der Waals surface area contributed by atoms with E-state index in [0.717, 1.165) is 49.8 Å². The van der Waals surface area contributed by atoms with Gasteiger partial charge in [0, 0.05) is 25.6 Å². The Kier molecular flexibility index (Phi) is 3.74. The van der Waals surface area contributed by atoms with Crippen LogP contribution in [-0.4, -0.2) is 36.3 Å². The summed E-state index contributed by atoms with van der Waals surface area (Å²) in [6, 6.07) is 0.803. The van der Waals surface area contributed by atoms with Gasteiger partial charge in [-0.2, -0.15) is 0 Å². The van der Waals surface area contributed by atoms with Crippen LogP contribution in [0.5, 0.6) is 0 Å². The fourth-order valence-corrected chi connectivity index (χ4v) is 7.51. The Hall–Kier alpha value is -1.06. The van der Waals surface area contributed by atoms with Gasteiger partial charge in [-0.1, -0.05) is 13.8 Å². The van der Waals surface area contributed by atoms with E-state index in [-0.39, 0.29) is 5.41 Å². The highest BCUT2D eigenvalue weighted by molar-refractivity contribution is 5.77. The first-order valence-electron chi connectivity index (χ1n) is 9.87. The lowest BCUT2D eigenvalue weighted by atomic mass is 9.47. The summed E-state index contributed by atoms with van der Waals surface area (Å²) in [6.07, 6.45) is 10.0. The molecule has 0 aromatic heterocycles. The monoisotopic (exact) mass is 332 g/mol. The highest BCUT2D eigenvalue weighted by atomic mass is 16.2. The number of carbonyl (C=O) groups is 2. The van der Waals surface area contributed by atoms with Crippen molar-refractivity contribution in [3.8, 4) is 0 Å². The van der Waals surface area contributed by atoms with E-state index in [1.54, 1.807) is 0 Å². The number of nitrogens with zero attached hydrogens (tertiary/aromatic N) is 1. The highest BCUT2D eigenvalue weighted by Crippen LogP contribution is 2.64. The van der Waals surface area contributed by atoms with Gasteiger partial charge in [0.2, 0.25) is 12.3 Å². The van der Waals surface area contributed by atoms with Crippen molar-refractivity contribution in [2.24, 2.45) is 28.6 Å². The minimum absolute atomic E-state index is 0.279. The van der Waals surface area contributed by atoms with Gasteiger partial charge in [0.05, 0.1) is 0 Å². The van der Waals surface area contributed by atoms with Crippen LogP contribution >= 0.6 is 0 Å². The first-order valence-corrected chi connectivity index (χ1v) is 9.87. The molecular formula is C20H32N2O2. The van der Waals surface area contributed by atoms with Gasteiger partial charge in [0.1, 0.15) is 0 Å². The van der Waals surface area contributed by atoms with E-state index in [4.69, 9.17) is 0 Å². The van der Waals surface area contributed by atoms with Gasteiger partial charge < -0.3 is 10.2 Å². The fourth-order valence-electron chi connectivity index (χ4n) is 7.51. The van der Waals surface area contributed by atoms with Crippen LogP contribution in [0.2, 0.25) is 0 Å². The van der Waals surface area contributed by atoms with E-state index < -0.39 is 0 Å². The van der Waals surface area contributed by atoms with Crippen LogP contribution in [0.15, 0.2) is 0 Å². The summed E-state index contributed by atoms with van der Waals surface area (Å²) in [5, 5.41) is 3.12. The Bertz CT molecular complexity index is 550. The molecule has 1 N–H and O–H groups in total. The number of amides is 2. The summed E-state index contributed by atoms with van der Waals surface area (Å²) >= 11 is 0. The van der Waals surface area contributed by atoms with Crippen LogP contribution in [0.4, 0.5) is 0 Å². The third-order valence-electron chi connectivity index (χ3n) is 8.83. The van der Waals surface area contributed by atoms with E-state index in [2.05, 4.69) is 24.1 Å². The molecular weight excluding hydrogens is 300 g/mol. The molecule has 4 heteroatoms. The molecule has 4 nitrogen and oxygen atoms in total. The van der Waals surface area contributed by atoms with Crippen LogP contribution in [0, 0.1) is 28.6 Å². The Morgan fingerprint density at radius 3 is 2.54 bits per heavy atom. The van der Waals surface area contributed by atoms with E-state index >= 15 is 0 Å². The maximum absolute atomic E-state index is 12.2. The van der Waals surface area contributed by atoms with Crippen molar-refractivity contribution in [1.82, 2.24) is 10.2 Å². The van der Waals surface area contributed by atoms with Crippen molar-refractivity contribution >= 4 is 12.3 Å². The number of hydrogen-bond donors (Lipinski definition) is 1. The van der Waals surface area contributed by atoms with Gasteiger partial charge in [0.25, 0.3) is 0 Å².